The molecule has 0 spiro atoms. The van der Waals surface area contributed by atoms with Crippen molar-refractivity contribution in [3.05, 3.63) is 23.8 Å². The molecule has 2 aliphatic heterocycles. The van der Waals surface area contributed by atoms with Gasteiger partial charge in [0.25, 0.3) is 0 Å². The van der Waals surface area contributed by atoms with Crippen LogP contribution in [-0.4, -0.2) is 75.4 Å². The molecule has 0 bridgehead atoms. The standard InChI is InChI=1S/C19H24F2N4O4S2/c1-31(27,28)24-6-4-23(5-7-24)17-15(20)8-13(9-16(17)21)25-11-14(29-19(25)26)10-22-18(30)12-2-3-12/h8-9,12,14H,2-7,10-11H2,1H3,(H,22,30)/t14-/m0/s1. The second kappa shape index (κ2) is 8.47. The predicted molar refractivity (Wildman–Crippen MR) is 116 cm³/mol. The Morgan fingerprint density at radius 3 is 2.35 bits per heavy atom. The molecule has 2 saturated heterocycles. The lowest BCUT2D eigenvalue weighted by molar-refractivity contribution is 0.143. The maximum atomic E-state index is 14.8. The Morgan fingerprint density at radius 2 is 1.81 bits per heavy atom. The van der Waals surface area contributed by atoms with E-state index in [2.05, 4.69) is 5.32 Å². The first-order valence-electron chi connectivity index (χ1n) is 10.1. The number of piperazine rings is 1. The number of ether oxygens (including phenoxy) is 1. The summed E-state index contributed by atoms with van der Waals surface area (Å²) in [6.45, 7) is 1.14. The number of sulfonamides is 1. The molecule has 3 fully saturated rings. The van der Waals surface area contributed by atoms with E-state index in [1.165, 1.54) is 14.1 Å². The van der Waals surface area contributed by atoms with E-state index in [9.17, 15) is 22.0 Å². The van der Waals surface area contributed by atoms with Crippen molar-refractivity contribution >= 4 is 44.7 Å². The van der Waals surface area contributed by atoms with Crippen molar-refractivity contribution in [2.45, 2.75) is 18.9 Å². The summed E-state index contributed by atoms with van der Waals surface area (Å²) in [5.41, 5.74) is -0.150. The molecule has 1 N–H and O–H groups in total. The molecule has 0 unspecified atom stereocenters. The third-order valence-electron chi connectivity index (χ3n) is 5.66. The van der Waals surface area contributed by atoms with Crippen LogP contribution in [0.2, 0.25) is 0 Å². The van der Waals surface area contributed by atoms with Gasteiger partial charge in [-0.05, 0) is 12.8 Å². The first-order valence-corrected chi connectivity index (χ1v) is 12.3. The van der Waals surface area contributed by atoms with E-state index in [0.29, 0.717) is 12.5 Å². The molecule has 1 amide bonds. The van der Waals surface area contributed by atoms with Gasteiger partial charge in [0.2, 0.25) is 10.0 Å². The van der Waals surface area contributed by atoms with Gasteiger partial charge >= 0.3 is 6.09 Å². The molecule has 1 aromatic rings. The van der Waals surface area contributed by atoms with Crippen molar-refractivity contribution in [3.8, 4) is 0 Å². The summed E-state index contributed by atoms with van der Waals surface area (Å²) in [6, 6.07) is 2.21. The molecule has 8 nitrogen and oxygen atoms in total. The van der Waals surface area contributed by atoms with Crippen LogP contribution in [0, 0.1) is 17.6 Å². The molecule has 0 radical (unpaired) electrons. The van der Waals surface area contributed by atoms with Crippen LogP contribution < -0.4 is 15.1 Å². The van der Waals surface area contributed by atoms with E-state index in [4.69, 9.17) is 17.0 Å². The van der Waals surface area contributed by atoms with Crippen molar-refractivity contribution in [1.82, 2.24) is 9.62 Å². The molecule has 12 heteroatoms. The number of benzene rings is 1. The van der Waals surface area contributed by atoms with Gasteiger partial charge in [0.05, 0.1) is 30.0 Å². The van der Waals surface area contributed by atoms with Gasteiger partial charge in [-0.15, -0.1) is 0 Å². The molecule has 2 heterocycles. The number of halogens is 2. The number of nitrogens with one attached hydrogen (secondary N) is 1. The van der Waals surface area contributed by atoms with Gasteiger partial charge in [-0.1, -0.05) is 12.2 Å². The second-order valence-corrected chi connectivity index (χ2v) is 10.5. The topological polar surface area (TPSA) is 82.2 Å². The number of rotatable bonds is 6. The molecular formula is C19H24F2N4O4S2. The van der Waals surface area contributed by atoms with Crippen molar-refractivity contribution in [2.75, 3.05) is 55.3 Å². The highest BCUT2D eigenvalue weighted by Crippen LogP contribution is 2.32. The molecule has 0 aromatic heterocycles. The van der Waals surface area contributed by atoms with Crippen LogP contribution in [0.5, 0.6) is 0 Å². The molecule has 1 aromatic carbocycles. The number of hydrogen-bond donors (Lipinski definition) is 1. The molecular weight excluding hydrogens is 450 g/mol. The highest BCUT2D eigenvalue weighted by atomic mass is 32.2. The van der Waals surface area contributed by atoms with E-state index >= 15 is 0 Å². The van der Waals surface area contributed by atoms with Crippen molar-refractivity contribution < 1.29 is 26.7 Å². The third-order valence-corrected chi connectivity index (χ3v) is 7.44. The third kappa shape index (κ3) is 4.90. The monoisotopic (exact) mass is 474 g/mol. The number of carbonyl (C=O) groups is 1. The van der Waals surface area contributed by atoms with Gasteiger partial charge in [0.15, 0.2) is 11.6 Å². The number of anilines is 2. The van der Waals surface area contributed by atoms with Crippen LogP contribution in [0.4, 0.5) is 25.0 Å². The summed E-state index contributed by atoms with van der Waals surface area (Å²) in [5, 5.41) is 3.09. The smallest absolute Gasteiger partial charge is 0.414 e. The number of nitrogens with zero attached hydrogens (tertiary/aromatic N) is 3. The minimum absolute atomic E-state index is 0.0748. The van der Waals surface area contributed by atoms with Crippen LogP contribution in [0.1, 0.15) is 12.8 Å². The van der Waals surface area contributed by atoms with E-state index in [1.807, 2.05) is 0 Å². The van der Waals surface area contributed by atoms with E-state index in [-0.39, 0.29) is 44.1 Å². The highest BCUT2D eigenvalue weighted by Gasteiger charge is 2.35. The van der Waals surface area contributed by atoms with Gasteiger partial charge in [-0.3, -0.25) is 4.90 Å². The van der Waals surface area contributed by atoms with Gasteiger partial charge < -0.3 is 15.0 Å². The second-order valence-electron chi connectivity index (χ2n) is 8.04. The van der Waals surface area contributed by atoms with Crippen LogP contribution in [0.25, 0.3) is 0 Å². The number of thiocarbonyl (C=S) groups is 1. The summed E-state index contributed by atoms with van der Waals surface area (Å²) in [4.78, 5) is 15.7. The Balaban J connectivity index is 1.42. The summed E-state index contributed by atoms with van der Waals surface area (Å²) in [7, 11) is -3.34. The van der Waals surface area contributed by atoms with Crippen LogP contribution in [0.15, 0.2) is 12.1 Å². The zero-order chi connectivity index (χ0) is 22.3. The minimum atomic E-state index is -3.34. The summed E-state index contributed by atoms with van der Waals surface area (Å²) < 4.78 is 59.5. The average molecular weight is 475 g/mol. The zero-order valence-corrected chi connectivity index (χ0v) is 18.6. The SMILES string of the molecule is CS(=O)(=O)N1CCN(c2c(F)cc(N3C[C@H](CNC(=S)C4CC4)OC3=O)cc2F)CC1. The maximum Gasteiger partial charge on any atom is 0.414 e. The Hall–Kier alpha value is -2.05. The number of cyclic esters (lactones) is 1. The summed E-state index contributed by atoms with van der Waals surface area (Å²) in [6.07, 6.45) is 2.10. The lowest BCUT2D eigenvalue weighted by Gasteiger charge is -2.35. The van der Waals surface area contributed by atoms with Crippen LogP contribution >= 0.6 is 12.2 Å². The fourth-order valence-electron chi connectivity index (χ4n) is 3.80. The van der Waals surface area contributed by atoms with Gasteiger partial charge in [-0.25, -0.2) is 22.0 Å². The minimum Gasteiger partial charge on any atom is -0.442 e. The molecule has 1 saturated carbocycles. The van der Waals surface area contributed by atoms with Crippen molar-refractivity contribution in [3.63, 3.8) is 0 Å². The molecule has 3 aliphatic rings. The molecule has 1 aliphatic carbocycles. The molecule has 170 valence electrons. The van der Waals surface area contributed by atoms with E-state index in [1.54, 1.807) is 0 Å². The Bertz CT molecular complexity index is 972. The zero-order valence-electron chi connectivity index (χ0n) is 17.0. The quantitative estimate of drug-likeness (QED) is 0.629. The number of amides is 1. The Morgan fingerprint density at radius 1 is 1.19 bits per heavy atom. The summed E-state index contributed by atoms with van der Waals surface area (Å²) >= 11 is 5.26. The van der Waals surface area contributed by atoms with Gasteiger partial charge in [0, 0.05) is 44.2 Å². The van der Waals surface area contributed by atoms with E-state index in [0.717, 1.165) is 36.2 Å². The predicted octanol–water partition coefficient (Wildman–Crippen LogP) is 1.70. The van der Waals surface area contributed by atoms with Crippen molar-refractivity contribution in [1.29, 1.82) is 0 Å². The van der Waals surface area contributed by atoms with Gasteiger partial charge in [0.1, 0.15) is 11.8 Å². The largest absolute Gasteiger partial charge is 0.442 e. The normalized spacial score (nSPS) is 22.5. The first kappa shape index (κ1) is 22.2. The Kier molecular flexibility index (Phi) is 6.05. The summed E-state index contributed by atoms with van der Waals surface area (Å²) in [5.74, 6) is -1.22. The van der Waals surface area contributed by atoms with Crippen LogP contribution in [0.3, 0.4) is 0 Å². The highest BCUT2D eigenvalue weighted by molar-refractivity contribution is 7.88. The lowest BCUT2D eigenvalue weighted by atomic mass is 10.2. The Labute approximate surface area is 185 Å². The lowest BCUT2D eigenvalue weighted by Crippen LogP contribution is -2.48. The number of hydrogen-bond acceptors (Lipinski definition) is 6. The molecule has 4 rings (SSSR count). The molecule has 1 atom stereocenters. The van der Waals surface area contributed by atoms with Crippen molar-refractivity contribution in [2.24, 2.45) is 5.92 Å². The fraction of sp³-hybridized carbons (Fsp3) is 0.579. The van der Waals surface area contributed by atoms with Crippen LogP contribution in [-0.2, 0) is 14.8 Å². The number of carbonyl (C=O) groups excluding carboxylic acids is 1. The maximum absolute atomic E-state index is 14.8. The van der Waals surface area contributed by atoms with E-state index < -0.39 is 33.9 Å². The average Bonchev–Trinajstić information content (AvgIpc) is 3.48. The first-order chi connectivity index (χ1) is 14.6. The fourth-order valence-corrected chi connectivity index (χ4v) is 4.94. The van der Waals surface area contributed by atoms with Gasteiger partial charge in [-0.2, -0.15) is 4.31 Å². The molecule has 31 heavy (non-hydrogen) atoms.